The van der Waals surface area contributed by atoms with E-state index in [4.69, 9.17) is 6.57 Å². The molecule has 0 saturated heterocycles. The van der Waals surface area contributed by atoms with E-state index in [1.807, 2.05) is 72.8 Å². The average molecular weight is 447 g/mol. The van der Waals surface area contributed by atoms with Gasteiger partial charge in [0, 0.05) is 25.8 Å². The van der Waals surface area contributed by atoms with Gasteiger partial charge in [0.2, 0.25) is 0 Å². The van der Waals surface area contributed by atoms with Gasteiger partial charge in [0.25, 0.3) is 5.70 Å². The fourth-order valence-corrected chi connectivity index (χ4v) is 4.58. The van der Waals surface area contributed by atoms with Gasteiger partial charge >= 0.3 is 0 Å². The summed E-state index contributed by atoms with van der Waals surface area (Å²) in [5.74, 6) is 0. The van der Waals surface area contributed by atoms with Gasteiger partial charge in [-0.1, -0.05) is 42.5 Å². The summed E-state index contributed by atoms with van der Waals surface area (Å²) in [6.45, 7) is 7.38. The number of rotatable bonds is 2. The molecule has 0 heterocycles. The minimum absolute atomic E-state index is 0.180. The predicted molar refractivity (Wildman–Crippen MR) is 135 cm³/mol. The van der Waals surface area contributed by atoms with Crippen molar-refractivity contribution in [1.29, 1.82) is 5.26 Å². The van der Waals surface area contributed by atoms with Gasteiger partial charge in [0.15, 0.2) is 5.43 Å². The molecule has 0 aromatic heterocycles. The number of hydrogen-bond donors (Lipinski definition) is 2. The Bertz CT molecular complexity index is 1640. The largest absolute Gasteiger partial charge is 0.290 e. The minimum Gasteiger partial charge on any atom is -0.290 e. The van der Waals surface area contributed by atoms with Crippen molar-refractivity contribution in [3.63, 3.8) is 0 Å². The summed E-state index contributed by atoms with van der Waals surface area (Å²) in [7, 11) is 0. The molecule has 0 aliphatic rings. The molecule has 0 saturated carbocycles. The Morgan fingerprint density at radius 3 is 1.72 bits per heavy atom. The quantitative estimate of drug-likeness (QED) is 0.259. The molecular weight excluding hydrogens is 432 g/mol. The van der Waals surface area contributed by atoms with E-state index in [2.05, 4.69) is 30.1 Å². The molecule has 0 fully saturated rings. The van der Waals surface area contributed by atoms with Gasteiger partial charge in [-0.25, -0.2) is 10.1 Å². The Morgan fingerprint density at radius 2 is 1.25 bits per heavy atom. The summed E-state index contributed by atoms with van der Waals surface area (Å²) in [4.78, 5) is 18.3. The fourth-order valence-electron chi connectivity index (χ4n) is 4.29. The first kappa shape index (κ1) is 20.2. The Kier molecular flexibility index (Phi) is 4.87. The zero-order valence-corrected chi connectivity index (χ0v) is 18.4. The lowest BCUT2D eigenvalue weighted by Gasteiger charge is -2.14. The van der Waals surface area contributed by atoms with E-state index in [9.17, 15) is 10.1 Å². The molecule has 3 nitrogen and oxygen atoms in total. The summed E-state index contributed by atoms with van der Waals surface area (Å²) in [5, 5.41) is 12.5. The Morgan fingerprint density at radius 1 is 0.750 bits per heavy atom. The van der Waals surface area contributed by atoms with Crippen LogP contribution in [0.5, 0.6) is 0 Å². The Labute approximate surface area is 195 Å². The van der Waals surface area contributed by atoms with Crippen LogP contribution in [0.3, 0.4) is 0 Å². The first-order valence-electron chi connectivity index (χ1n) is 9.79. The summed E-state index contributed by atoms with van der Waals surface area (Å²) >= 11 is 8.80. The molecule has 0 amide bonds. The van der Waals surface area contributed by atoms with Crippen LogP contribution in [0, 0.1) is 17.9 Å². The van der Waals surface area contributed by atoms with Crippen LogP contribution in [0.25, 0.3) is 54.3 Å². The van der Waals surface area contributed by atoms with Crippen LogP contribution in [0.1, 0.15) is 0 Å². The maximum Gasteiger partial charge on any atom is 0.273 e. The third kappa shape index (κ3) is 3.03. The molecule has 5 heteroatoms. The zero-order chi connectivity index (χ0) is 22.4. The SMILES string of the molecule is [C-]#[N+]/C(C#N)=c1\c(=O)c2ccc(-c3ccc(S)cc3)c3c(-c4ccc(S)cc4)ccc1c32. The fraction of sp³-hybridized carbons (Fsp3) is 0. The van der Waals surface area contributed by atoms with E-state index in [0.717, 1.165) is 42.8 Å². The highest BCUT2D eigenvalue weighted by molar-refractivity contribution is 7.80. The van der Waals surface area contributed by atoms with Crippen molar-refractivity contribution in [2.24, 2.45) is 0 Å². The molecule has 0 radical (unpaired) electrons. The molecular formula is C27H14N2OS2. The first-order valence-corrected chi connectivity index (χ1v) is 10.7. The molecule has 0 aliphatic heterocycles. The Balaban J connectivity index is 2.02. The topological polar surface area (TPSA) is 45.2 Å². The highest BCUT2D eigenvalue weighted by atomic mass is 32.1. The van der Waals surface area contributed by atoms with E-state index in [1.165, 1.54) is 0 Å². The maximum absolute atomic E-state index is 13.2. The maximum atomic E-state index is 13.2. The molecule has 5 aromatic carbocycles. The van der Waals surface area contributed by atoms with E-state index < -0.39 is 0 Å². The van der Waals surface area contributed by atoms with Gasteiger partial charge in [-0.05, 0) is 63.4 Å². The lowest BCUT2D eigenvalue weighted by molar-refractivity contribution is 1.47. The van der Waals surface area contributed by atoms with Crippen molar-refractivity contribution < 1.29 is 0 Å². The average Bonchev–Trinajstić information content (AvgIpc) is 3.10. The van der Waals surface area contributed by atoms with Gasteiger partial charge < -0.3 is 0 Å². The van der Waals surface area contributed by atoms with Crippen LogP contribution in [-0.2, 0) is 0 Å². The summed E-state index contributed by atoms with van der Waals surface area (Å²) in [6.07, 6.45) is 0. The summed E-state index contributed by atoms with van der Waals surface area (Å²) < 4.78 is 0. The third-order valence-corrected chi connectivity index (χ3v) is 6.31. The smallest absolute Gasteiger partial charge is 0.273 e. The van der Waals surface area contributed by atoms with Crippen LogP contribution in [0.15, 0.2) is 87.4 Å². The van der Waals surface area contributed by atoms with Crippen molar-refractivity contribution in [3.05, 3.63) is 99.7 Å². The van der Waals surface area contributed by atoms with Crippen molar-refractivity contribution in [1.82, 2.24) is 0 Å². The van der Waals surface area contributed by atoms with Crippen molar-refractivity contribution in [3.8, 4) is 28.3 Å². The number of nitrogens with zero attached hydrogens (tertiary/aromatic N) is 2. The second-order valence-corrected chi connectivity index (χ2v) is 8.47. The highest BCUT2D eigenvalue weighted by Crippen LogP contribution is 2.40. The van der Waals surface area contributed by atoms with Gasteiger partial charge in [-0.15, -0.1) is 25.3 Å². The molecule has 5 aromatic rings. The second-order valence-electron chi connectivity index (χ2n) is 7.44. The van der Waals surface area contributed by atoms with Crippen LogP contribution in [0.4, 0.5) is 0 Å². The van der Waals surface area contributed by atoms with Crippen LogP contribution in [-0.4, -0.2) is 0 Å². The molecule has 0 aliphatic carbocycles. The van der Waals surface area contributed by atoms with Gasteiger partial charge in [0.1, 0.15) is 0 Å². The molecule has 0 atom stereocenters. The van der Waals surface area contributed by atoms with Gasteiger partial charge in [0.05, 0.1) is 12.6 Å². The van der Waals surface area contributed by atoms with Crippen LogP contribution in [0.2, 0.25) is 0 Å². The zero-order valence-electron chi connectivity index (χ0n) is 16.6. The minimum atomic E-state index is -0.280. The summed E-state index contributed by atoms with van der Waals surface area (Å²) in [5.41, 5.74) is 3.47. The van der Waals surface area contributed by atoms with E-state index in [-0.39, 0.29) is 16.3 Å². The molecule has 150 valence electrons. The molecule has 0 bridgehead atoms. The van der Waals surface area contributed by atoms with Crippen LogP contribution >= 0.6 is 25.3 Å². The molecule has 0 unspecified atom stereocenters. The summed E-state index contributed by atoms with van der Waals surface area (Å²) in [6, 6.07) is 25.2. The normalized spacial score (nSPS) is 12.0. The van der Waals surface area contributed by atoms with Crippen molar-refractivity contribution in [2.45, 2.75) is 9.79 Å². The predicted octanol–water partition coefficient (Wildman–Crippen LogP) is 5.97. The van der Waals surface area contributed by atoms with Gasteiger partial charge in [-0.2, -0.15) is 0 Å². The lowest BCUT2D eigenvalue weighted by Crippen LogP contribution is -2.21. The Hall–Kier alpha value is -3.77. The third-order valence-electron chi connectivity index (χ3n) is 5.71. The highest BCUT2D eigenvalue weighted by Gasteiger charge is 2.20. The van der Waals surface area contributed by atoms with Gasteiger partial charge in [-0.3, -0.25) is 4.79 Å². The monoisotopic (exact) mass is 446 g/mol. The molecule has 0 N–H and O–H groups in total. The van der Waals surface area contributed by atoms with E-state index in [0.29, 0.717) is 10.8 Å². The number of nitriles is 1. The van der Waals surface area contributed by atoms with E-state index in [1.54, 1.807) is 6.07 Å². The standard InChI is InChI=1S/C27H14N2OS2/c1-29-23(14-28)26-21-12-10-19(15-2-6-17(31)7-3-15)24-20(16-4-8-18(32)9-5-16)11-13-22(25(21)24)27(26)30/h2-13,31-32H/b26-23-. The number of hydrogen-bond acceptors (Lipinski definition) is 4. The van der Waals surface area contributed by atoms with Crippen molar-refractivity contribution in [2.75, 3.05) is 0 Å². The molecule has 32 heavy (non-hydrogen) atoms. The molecule has 0 spiro atoms. The number of thiol groups is 2. The van der Waals surface area contributed by atoms with Crippen molar-refractivity contribution >= 4 is 52.5 Å². The molecule has 5 rings (SSSR count). The first-order chi connectivity index (χ1) is 15.5. The second kappa shape index (κ2) is 7.73. The number of benzene rings is 4. The lowest BCUT2D eigenvalue weighted by atomic mass is 9.90. The van der Waals surface area contributed by atoms with E-state index >= 15 is 0 Å². The van der Waals surface area contributed by atoms with Crippen LogP contribution < -0.4 is 10.6 Å².